The third kappa shape index (κ3) is 9.35. The van der Waals surface area contributed by atoms with Gasteiger partial charge in [-0.2, -0.15) is 4.31 Å². The van der Waals surface area contributed by atoms with Crippen molar-refractivity contribution in [2.75, 3.05) is 66.0 Å². The van der Waals surface area contributed by atoms with Crippen LogP contribution in [0.1, 0.15) is 32.1 Å². The van der Waals surface area contributed by atoms with Crippen LogP contribution in [-0.2, 0) is 24.3 Å². The number of rotatable bonds is 10. The van der Waals surface area contributed by atoms with Crippen LogP contribution in [-0.4, -0.2) is 135 Å². The molecule has 3 N–H and O–H groups in total. The molecule has 4 amide bonds. The molecule has 4 rings (SSSR count). The fourth-order valence-electron chi connectivity index (χ4n) is 5.69. The Morgan fingerprint density at radius 1 is 0.956 bits per heavy atom. The highest BCUT2D eigenvalue weighted by Crippen LogP contribution is 2.30. The average Bonchev–Trinajstić information content (AvgIpc) is 3.50. The topological polar surface area (TPSA) is 169 Å². The minimum atomic E-state index is -4.14. The molecule has 3 fully saturated rings. The summed E-state index contributed by atoms with van der Waals surface area (Å²) in [6, 6.07) is 0.792. The van der Waals surface area contributed by atoms with Gasteiger partial charge in [-0.1, -0.05) is 23.2 Å². The van der Waals surface area contributed by atoms with Crippen LogP contribution in [0.25, 0.3) is 0 Å². The molecule has 0 spiro atoms. The summed E-state index contributed by atoms with van der Waals surface area (Å²) in [6.45, 7) is 3.84. The number of piperazine rings is 1. The number of sulfonamides is 1. The molecule has 3 heterocycles. The fourth-order valence-corrected chi connectivity index (χ4v) is 8.07. The van der Waals surface area contributed by atoms with Gasteiger partial charge in [0.15, 0.2) is 0 Å². The van der Waals surface area contributed by atoms with E-state index in [0.29, 0.717) is 58.5 Å². The fraction of sp³-hybridized carbons (Fsp3) is 0.643. The van der Waals surface area contributed by atoms with E-state index in [-0.39, 0.29) is 46.5 Å². The maximum Gasteiger partial charge on any atom is 0.409 e. The van der Waals surface area contributed by atoms with E-state index in [2.05, 4.69) is 15.5 Å². The molecule has 14 nitrogen and oxygen atoms in total. The smallest absolute Gasteiger partial charge is 0.409 e. The third-order valence-corrected chi connectivity index (χ3v) is 10.8. The van der Waals surface area contributed by atoms with Crippen molar-refractivity contribution in [3.8, 4) is 0 Å². The molecule has 45 heavy (non-hydrogen) atoms. The second kappa shape index (κ2) is 15.6. The van der Waals surface area contributed by atoms with Gasteiger partial charge in [0.1, 0.15) is 12.1 Å². The van der Waals surface area contributed by atoms with Gasteiger partial charge in [0.05, 0.1) is 18.0 Å². The molecule has 3 aliphatic heterocycles. The quantitative estimate of drug-likeness (QED) is 0.332. The lowest BCUT2D eigenvalue weighted by atomic mass is 9.94. The van der Waals surface area contributed by atoms with E-state index in [1.54, 1.807) is 9.80 Å². The number of likely N-dealkylation sites (tertiary alicyclic amines) is 1. The Morgan fingerprint density at radius 3 is 2.22 bits per heavy atom. The summed E-state index contributed by atoms with van der Waals surface area (Å²) in [6.07, 6.45) is 2.41. The number of nitrogens with zero attached hydrogens (tertiary/aromatic N) is 4. The molecule has 250 valence electrons. The molecular formula is C28H40Cl2N6O8S. The molecule has 0 saturated carbocycles. The van der Waals surface area contributed by atoms with Crippen LogP contribution in [0.3, 0.4) is 0 Å². The number of carboxylic acids is 1. The minimum Gasteiger partial charge on any atom is -0.480 e. The highest BCUT2D eigenvalue weighted by atomic mass is 35.5. The number of ether oxygens (including phenoxy) is 1. The zero-order valence-electron chi connectivity index (χ0n) is 25.1. The summed E-state index contributed by atoms with van der Waals surface area (Å²) in [7, 11) is -2.13. The second-order valence-corrected chi connectivity index (χ2v) is 14.4. The van der Waals surface area contributed by atoms with Crippen LogP contribution in [0.15, 0.2) is 23.1 Å². The molecular weight excluding hydrogens is 651 g/mol. The van der Waals surface area contributed by atoms with E-state index >= 15 is 0 Å². The first kappa shape index (κ1) is 35.0. The Morgan fingerprint density at radius 2 is 1.60 bits per heavy atom. The Hall–Kier alpha value is -2.85. The summed E-state index contributed by atoms with van der Waals surface area (Å²) in [5, 5.41) is 14.9. The van der Waals surface area contributed by atoms with Gasteiger partial charge >= 0.3 is 18.1 Å². The van der Waals surface area contributed by atoms with Crippen molar-refractivity contribution in [1.82, 2.24) is 29.6 Å². The SMILES string of the molecule is CN1CCN(C(=O)OCCC2CCN(C(=O)NCC(NC(=O)[C@H]3CCCN3S(=O)(=O)c3cc(Cl)cc(Cl)c3)C(=O)O)CC2)CC1. The van der Waals surface area contributed by atoms with Crippen LogP contribution < -0.4 is 10.6 Å². The number of hydrogen-bond acceptors (Lipinski definition) is 8. The standard InChI is InChI=1S/C28H40Cl2N6O8S/c1-33-10-12-35(13-11-33)28(41)44-14-6-19-4-8-34(9-5-19)27(40)31-18-23(26(38)39)32-25(37)24-3-2-7-36(24)45(42,43)22-16-20(29)15-21(30)17-22/h15-17,19,23-24H,2-14,18H2,1H3,(H,31,40)(H,32,37)(H,38,39)/t23?,24-/m1/s1. The second-order valence-electron chi connectivity index (χ2n) is 11.6. The lowest BCUT2D eigenvalue weighted by Crippen LogP contribution is -2.55. The molecule has 17 heteroatoms. The number of halogens is 2. The number of benzene rings is 1. The number of hydrogen-bond donors (Lipinski definition) is 3. The van der Waals surface area contributed by atoms with Crippen LogP contribution in [0, 0.1) is 5.92 Å². The number of aliphatic carboxylic acids is 1. The number of likely N-dealkylation sites (N-methyl/N-ethyl adjacent to an activating group) is 1. The average molecular weight is 692 g/mol. The summed E-state index contributed by atoms with van der Waals surface area (Å²) < 4.78 is 33.0. The van der Waals surface area contributed by atoms with Crippen LogP contribution in [0.5, 0.6) is 0 Å². The van der Waals surface area contributed by atoms with E-state index in [9.17, 15) is 32.7 Å². The number of amides is 4. The van der Waals surface area contributed by atoms with Crippen molar-refractivity contribution in [3.63, 3.8) is 0 Å². The Kier molecular flexibility index (Phi) is 12.2. The molecule has 1 aromatic rings. The highest BCUT2D eigenvalue weighted by Gasteiger charge is 2.41. The lowest BCUT2D eigenvalue weighted by molar-refractivity contribution is -0.142. The van der Waals surface area contributed by atoms with Gasteiger partial charge in [0, 0.05) is 55.9 Å². The van der Waals surface area contributed by atoms with Crippen molar-refractivity contribution in [2.24, 2.45) is 5.92 Å². The maximum atomic E-state index is 13.3. The van der Waals surface area contributed by atoms with Gasteiger partial charge in [0.2, 0.25) is 15.9 Å². The predicted molar refractivity (Wildman–Crippen MR) is 166 cm³/mol. The number of piperidine rings is 1. The Bertz CT molecular complexity index is 1330. The van der Waals surface area contributed by atoms with Crippen molar-refractivity contribution in [1.29, 1.82) is 0 Å². The molecule has 0 radical (unpaired) electrons. The van der Waals surface area contributed by atoms with Gasteiger partial charge in [-0.25, -0.2) is 22.8 Å². The Balaban J connectivity index is 1.21. The van der Waals surface area contributed by atoms with Gasteiger partial charge in [0.25, 0.3) is 0 Å². The summed E-state index contributed by atoms with van der Waals surface area (Å²) in [5.74, 6) is -1.86. The highest BCUT2D eigenvalue weighted by molar-refractivity contribution is 7.89. The number of carboxylic acid groups (broad SMARTS) is 1. The first-order chi connectivity index (χ1) is 21.3. The van der Waals surface area contributed by atoms with Crippen LogP contribution in [0.4, 0.5) is 9.59 Å². The van der Waals surface area contributed by atoms with Crippen molar-refractivity contribution in [2.45, 2.75) is 49.1 Å². The van der Waals surface area contributed by atoms with Crippen molar-refractivity contribution in [3.05, 3.63) is 28.2 Å². The van der Waals surface area contributed by atoms with Crippen molar-refractivity contribution >= 4 is 57.2 Å². The number of nitrogens with one attached hydrogen (secondary N) is 2. The van der Waals surface area contributed by atoms with Gasteiger partial charge in [-0.15, -0.1) is 0 Å². The molecule has 0 aromatic heterocycles. The van der Waals surface area contributed by atoms with E-state index in [1.165, 1.54) is 18.2 Å². The lowest BCUT2D eigenvalue weighted by Gasteiger charge is -2.33. The number of urea groups is 1. The Labute approximate surface area is 273 Å². The zero-order valence-corrected chi connectivity index (χ0v) is 27.4. The van der Waals surface area contributed by atoms with E-state index in [4.69, 9.17) is 27.9 Å². The molecule has 1 aromatic carbocycles. The zero-order chi connectivity index (χ0) is 32.7. The van der Waals surface area contributed by atoms with E-state index < -0.39 is 40.0 Å². The van der Waals surface area contributed by atoms with Crippen LogP contribution in [0.2, 0.25) is 10.0 Å². The van der Waals surface area contributed by atoms with Crippen LogP contribution >= 0.6 is 23.2 Å². The third-order valence-electron chi connectivity index (χ3n) is 8.44. The first-order valence-electron chi connectivity index (χ1n) is 15.0. The molecule has 0 bridgehead atoms. The molecule has 3 saturated heterocycles. The monoisotopic (exact) mass is 690 g/mol. The molecule has 1 unspecified atom stereocenters. The molecule has 0 aliphatic carbocycles. The van der Waals surface area contributed by atoms with E-state index in [1.807, 2.05) is 7.05 Å². The summed E-state index contributed by atoms with van der Waals surface area (Å²) >= 11 is 12.0. The maximum absolute atomic E-state index is 13.3. The predicted octanol–water partition coefficient (Wildman–Crippen LogP) is 1.91. The number of carbonyl (C=O) groups excluding carboxylic acids is 3. The largest absolute Gasteiger partial charge is 0.480 e. The van der Waals surface area contributed by atoms with Gasteiger partial charge < -0.3 is 35.2 Å². The van der Waals surface area contributed by atoms with Gasteiger partial charge in [-0.05, 0) is 63.3 Å². The first-order valence-corrected chi connectivity index (χ1v) is 17.2. The normalized spacial score (nSPS) is 20.9. The van der Waals surface area contributed by atoms with Gasteiger partial charge in [-0.3, -0.25) is 4.79 Å². The van der Waals surface area contributed by atoms with Crippen molar-refractivity contribution < 1.29 is 37.4 Å². The summed E-state index contributed by atoms with van der Waals surface area (Å²) in [4.78, 5) is 55.4. The molecule has 2 atom stereocenters. The minimum absolute atomic E-state index is 0.0632. The number of carbonyl (C=O) groups is 4. The molecule has 3 aliphatic rings. The summed E-state index contributed by atoms with van der Waals surface area (Å²) in [5.41, 5.74) is 0. The van der Waals surface area contributed by atoms with E-state index in [0.717, 1.165) is 17.4 Å².